The van der Waals surface area contributed by atoms with Crippen molar-refractivity contribution in [3.8, 4) is 5.69 Å². The first-order chi connectivity index (χ1) is 12.1. The number of nitrogens with zero attached hydrogens (tertiary/aromatic N) is 4. The first kappa shape index (κ1) is 19.4. The van der Waals surface area contributed by atoms with Gasteiger partial charge in [-0.1, -0.05) is 17.3 Å². The molecule has 0 atom stereocenters. The second-order valence-electron chi connectivity index (χ2n) is 5.80. The van der Waals surface area contributed by atoms with E-state index in [1.165, 1.54) is 23.1 Å². The molecular formula is C16H17F3N4O3. The van der Waals surface area contributed by atoms with Gasteiger partial charge < -0.3 is 10.0 Å². The lowest BCUT2D eigenvalue weighted by Crippen LogP contribution is -2.38. The maximum atomic E-state index is 13.1. The zero-order valence-corrected chi connectivity index (χ0v) is 14.1. The lowest BCUT2D eigenvalue weighted by atomic mass is 10.1. The molecule has 26 heavy (non-hydrogen) atoms. The van der Waals surface area contributed by atoms with Gasteiger partial charge in [0.1, 0.15) is 0 Å². The fraction of sp³-hybridized carbons (Fsp3) is 0.375. The normalized spacial score (nSPS) is 11.6. The molecule has 0 radical (unpaired) electrons. The summed E-state index contributed by atoms with van der Waals surface area (Å²) in [6.07, 6.45) is -3.74. The van der Waals surface area contributed by atoms with Crippen LogP contribution >= 0.6 is 0 Å². The van der Waals surface area contributed by atoms with Crippen LogP contribution in [0.1, 0.15) is 36.3 Å². The number of hydrogen-bond donors (Lipinski definition) is 1. The quantitative estimate of drug-likeness (QED) is 0.844. The van der Waals surface area contributed by atoms with E-state index in [4.69, 9.17) is 5.11 Å². The van der Waals surface area contributed by atoms with Crippen LogP contribution in [0.15, 0.2) is 30.5 Å². The van der Waals surface area contributed by atoms with E-state index in [0.717, 1.165) is 16.9 Å². The molecule has 0 saturated carbocycles. The Labute approximate surface area is 147 Å². The molecule has 140 valence electrons. The predicted octanol–water partition coefficient (Wildman–Crippen LogP) is 2.61. The third kappa shape index (κ3) is 4.38. The lowest BCUT2D eigenvalue weighted by molar-refractivity contribution is -0.138. The van der Waals surface area contributed by atoms with Crippen LogP contribution in [0.2, 0.25) is 0 Å². The van der Waals surface area contributed by atoms with Gasteiger partial charge in [-0.2, -0.15) is 13.2 Å². The number of para-hydroxylation sites is 1. The van der Waals surface area contributed by atoms with Crippen LogP contribution in [-0.4, -0.2) is 49.5 Å². The number of carboxylic acid groups (broad SMARTS) is 1. The van der Waals surface area contributed by atoms with Gasteiger partial charge in [0.15, 0.2) is 5.69 Å². The maximum absolute atomic E-state index is 13.1. The van der Waals surface area contributed by atoms with Crippen LogP contribution in [0.5, 0.6) is 0 Å². The summed E-state index contributed by atoms with van der Waals surface area (Å²) < 4.78 is 40.2. The number of carbonyl (C=O) groups is 2. The molecule has 0 bridgehead atoms. The molecule has 10 heteroatoms. The summed E-state index contributed by atoms with van der Waals surface area (Å²) in [4.78, 5) is 24.5. The SMILES string of the molecule is CC(C)N(CCC(=O)O)C(=O)c1cn(-c2ccccc2C(F)(F)F)nn1. The molecule has 1 N–H and O–H groups in total. The molecule has 0 aliphatic heterocycles. The van der Waals surface area contributed by atoms with E-state index in [2.05, 4.69) is 10.3 Å². The first-order valence-corrected chi connectivity index (χ1v) is 7.73. The number of halogens is 3. The number of benzene rings is 1. The number of alkyl halides is 3. The molecule has 1 heterocycles. The van der Waals surface area contributed by atoms with E-state index in [1.54, 1.807) is 13.8 Å². The molecule has 0 aliphatic carbocycles. The predicted molar refractivity (Wildman–Crippen MR) is 84.8 cm³/mol. The highest BCUT2D eigenvalue weighted by Crippen LogP contribution is 2.33. The second-order valence-corrected chi connectivity index (χ2v) is 5.80. The average molecular weight is 370 g/mol. The Bertz CT molecular complexity index is 802. The number of aliphatic carboxylic acids is 1. The van der Waals surface area contributed by atoms with Crippen molar-refractivity contribution in [2.45, 2.75) is 32.5 Å². The fourth-order valence-corrected chi connectivity index (χ4v) is 2.35. The van der Waals surface area contributed by atoms with Gasteiger partial charge in [0.05, 0.1) is 23.9 Å². The molecule has 2 rings (SSSR count). The summed E-state index contributed by atoms with van der Waals surface area (Å²) in [6, 6.07) is 4.49. The van der Waals surface area contributed by atoms with Crippen molar-refractivity contribution in [1.29, 1.82) is 0 Å². The fourth-order valence-electron chi connectivity index (χ4n) is 2.35. The maximum Gasteiger partial charge on any atom is 0.418 e. The van der Waals surface area contributed by atoms with E-state index in [0.29, 0.717) is 0 Å². The van der Waals surface area contributed by atoms with Crippen LogP contribution in [-0.2, 0) is 11.0 Å². The van der Waals surface area contributed by atoms with Gasteiger partial charge in [-0.15, -0.1) is 5.10 Å². The van der Waals surface area contributed by atoms with E-state index in [9.17, 15) is 22.8 Å². The van der Waals surface area contributed by atoms with Crippen LogP contribution < -0.4 is 0 Å². The smallest absolute Gasteiger partial charge is 0.418 e. The zero-order valence-electron chi connectivity index (χ0n) is 14.1. The third-order valence-corrected chi connectivity index (χ3v) is 3.62. The van der Waals surface area contributed by atoms with Crippen molar-refractivity contribution >= 4 is 11.9 Å². The Morgan fingerprint density at radius 2 is 1.92 bits per heavy atom. The Hall–Kier alpha value is -2.91. The highest BCUT2D eigenvalue weighted by atomic mass is 19.4. The third-order valence-electron chi connectivity index (χ3n) is 3.62. The van der Waals surface area contributed by atoms with Gasteiger partial charge in [-0.05, 0) is 26.0 Å². The van der Waals surface area contributed by atoms with Crippen LogP contribution in [0.3, 0.4) is 0 Å². The lowest BCUT2D eigenvalue weighted by Gasteiger charge is -2.25. The van der Waals surface area contributed by atoms with Crippen molar-refractivity contribution in [1.82, 2.24) is 19.9 Å². The van der Waals surface area contributed by atoms with Crippen molar-refractivity contribution in [3.05, 3.63) is 41.7 Å². The Balaban J connectivity index is 2.32. The zero-order chi connectivity index (χ0) is 19.5. The summed E-state index contributed by atoms with van der Waals surface area (Å²) in [6.45, 7) is 3.35. The molecule has 0 saturated heterocycles. The Kier molecular flexibility index (Phi) is 5.63. The number of carboxylic acids is 1. The van der Waals surface area contributed by atoms with E-state index >= 15 is 0 Å². The molecule has 0 spiro atoms. The van der Waals surface area contributed by atoms with Crippen molar-refractivity contribution in [2.24, 2.45) is 0 Å². The molecule has 1 aromatic heterocycles. The summed E-state index contributed by atoms with van der Waals surface area (Å²) in [5, 5.41) is 16.1. The summed E-state index contributed by atoms with van der Waals surface area (Å²) >= 11 is 0. The van der Waals surface area contributed by atoms with Crippen LogP contribution in [0.4, 0.5) is 13.2 Å². The highest BCUT2D eigenvalue weighted by Gasteiger charge is 2.34. The minimum absolute atomic E-state index is 0.0438. The van der Waals surface area contributed by atoms with E-state index < -0.39 is 23.6 Å². The summed E-state index contributed by atoms with van der Waals surface area (Å²) in [5.74, 6) is -1.66. The Morgan fingerprint density at radius 3 is 2.50 bits per heavy atom. The largest absolute Gasteiger partial charge is 0.481 e. The van der Waals surface area contributed by atoms with Gasteiger partial charge in [0.25, 0.3) is 5.91 Å². The van der Waals surface area contributed by atoms with E-state index in [-0.39, 0.29) is 30.4 Å². The summed E-state index contributed by atoms with van der Waals surface area (Å²) in [7, 11) is 0. The Morgan fingerprint density at radius 1 is 1.27 bits per heavy atom. The first-order valence-electron chi connectivity index (χ1n) is 7.73. The van der Waals surface area contributed by atoms with Gasteiger partial charge in [0, 0.05) is 12.6 Å². The van der Waals surface area contributed by atoms with Crippen LogP contribution in [0, 0.1) is 0 Å². The molecule has 1 amide bonds. The molecule has 0 fully saturated rings. The minimum atomic E-state index is -4.59. The van der Waals surface area contributed by atoms with Crippen LogP contribution in [0.25, 0.3) is 5.69 Å². The standard InChI is InChI=1S/C16H17F3N4O3/c1-10(2)22(8-7-14(24)25)15(26)12-9-23(21-20-12)13-6-4-3-5-11(13)16(17,18)19/h3-6,9-10H,7-8H2,1-2H3,(H,24,25). The van der Waals surface area contributed by atoms with Gasteiger partial charge in [0.2, 0.25) is 0 Å². The van der Waals surface area contributed by atoms with Crippen molar-refractivity contribution in [2.75, 3.05) is 6.54 Å². The summed E-state index contributed by atoms with van der Waals surface area (Å²) in [5.41, 5.74) is -1.33. The highest BCUT2D eigenvalue weighted by molar-refractivity contribution is 5.92. The second kappa shape index (κ2) is 7.54. The molecule has 2 aromatic rings. The molecule has 7 nitrogen and oxygen atoms in total. The monoisotopic (exact) mass is 370 g/mol. The molecule has 1 aromatic carbocycles. The molecular weight excluding hydrogens is 353 g/mol. The number of hydrogen-bond acceptors (Lipinski definition) is 4. The number of aromatic nitrogens is 3. The van der Waals surface area contributed by atoms with Gasteiger partial charge in [-0.25, -0.2) is 4.68 Å². The van der Waals surface area contributed by atoms with Gasteiger partial charge in [-0.3, -0.25) is 9.59 Å². The minimum Gasteiger partial charge on any atom is -0.481 e. The van der Waals surface area contributed by atoms with Crippen molar-refractivity contribution < 1.29 is 27.9 Å². The topological polar surface area (TPSA) is 88.3 Å². The average Bonchev–Trinajstić information content (AvgIpc) is 3.03. The van der Waals surface area contributed by atoms with Gasteiger partial charge >= 0.3 is 12.1 Å². The van der Waals surface area contributed by atoms with Crippen molar-refractivity contribution in [3.63, 3.8) is 0 Å². The van der Waals surface area contributed by atoms with E-state index in [1.807, 2.05) is 0 Å². The molecule has 0 aliphatic rings. The number of rotatable bonds is 6. The molecule has 0 unspecified atom stereocenters. The number of carbonyl (C=O) groups excluding carboxylic acids is 1. The number of amides is 1.